The Kier molecular flexibility index (Phi) is 2.70. The van der Waals surface area contributed by atoms with Gasteiger partial charge < -0.3 is 19.3 Å². The quantitative estimate of drug-likeness (QED) is 0.779. The summed E-state index contributed by atoms with van der Waals surface area (Å²) in [7, 11) is 3.05. The van der Waals surface area contributed by atoms with Crippen molar-refractivity contribution in [2.45, 2.75) is 12.2 Å². The number of para-hydroxylation sites is 1. The summed E-state index contributed by atoms with van der Waals surface area (Å²) in [5.74, 6) is 0.133. The van der Waals surface area contributed by atoms with Gasteiger partial charge >= 0.3 is 5.97 Å². The fourth-order valence-corrected chi connectivity index (χ4v) is 1.67. The van der Waals surface area contributed by atoms with E-state index in [0.29, 0.717) is 17.1 Å². The molecule has 1 aromatic rings. The van der Waals surface area contributed by atoms with Gasteiger partial charge in [-0.25, -0.2) is 4.79 Å². The molecule has 1 saturated heterocycles. The van der Waals surface area contributed by atoms with Crippen molar-refractivity contribution in [3.8, 4) is 11.5 Å². The molecular weight excluding hydrogens is 212 g/mol. The van der Waals surface area contributed by atoms with Crippen LogP contribution in [0.25, 0.3) is 0 Å². The van der Waals surface area contributed by atoms with Crippen LogP contribution in [0.4, 0.5) is 0 Å². The fourth-order valence-electron chi connectivity index (χ4n) is 1.67. The van der Waals surface area contributed by atoms with Crippen molar-refractivity contribution in [2.75, 3.05) is 14.2 Å². The van der Waals surface area contributed by atoms with Gasteiger partial charge in [0.25, 0.3) is 0 Å². The maximum absolute atomic E-state index is 10.7. The molecule has 1 N–H and O–H groups in total. The van der Waals surface area contributed by atoms with E-state index in [4.69, 9.17) is 19.3 Å². The highest BCUT2D eigenvalue weighted by molar-refractivity contribution is 5.76. The molecule has 0 bridgehead atoms. The van der Waals surface area contributed by atoms with Crippen LogP contribution in [-0.4, -0.2) is 31.4 Å². The summed E-state index contributed by atoms with van der Waals surface area (Å²) in [6, 6.07) is 5.30. The molecule has 0 unspecified atom stereocenters. The van der Waals surface area contributed by atoms with Crippen LogP contribution < -0.4 is 9.47 Å². The van der Waals surface area contributed by atoms with Gasteiger partial charge in [0.2, 0.25) is 0 Å². The zero-order valence-electron chi connectivity index (χ0n) is 8.97. The lowest BCUT2D eigenvalue weighted by Gasteiger charge is -2.10. The number of methoxy groups -OCH3 is 2. The van der Waals surface area contributed by atoms with Crippen molar-refractivity contribution in [2.24, 2.45) is 0 Å². The van der Waals surface area contributed by atoms with Crippen molar-refractivity contribution in [1.29, 1.82) is 0 Å². The Hall–Kier alpha value is -1.75. The Morgan fingerprint density at radius 3 is 2.62 bits per heavy atom. The number of aliphatic carboxylic acids is 1. The number of hydrogen-bond donors (Lipinski definition) is 1. The third kappa shape index (κ3) is 1.69. The topological polar surface area (TPSA) is 68.3 Å². The lowest BCUT2D eigenvalue weighted by Crippen LogP contribution is -2.05. The number of carboxylic acid groups (broad SMARTS) is 1. The SMILES string of the molecule is COc1cccc([C@@H]2O[C@@H]2C(=O)O)c1OC. The molecule has 1 aliphatic heterocycles. The molecular formula is C11H12O5. The van der Waals surface area contributed by atoms with Crippen molar-refractivity contribution in [3.63, 3.8) is 0 Å². The molecule has 2 atom stereocenters. The third-order valence-corrected chi connectivity index (χ3v) is 2.47. The molecule has 0 spiro atoms. The van der Waals surface area contributed by atoms with Gasteiger partial charge in [-0.05, 0) is 6.07 Å². The van der Waals surface area contributed by atoms with Crippen molar-refractivity contribution in [3.05, 3.63) is 23.8 Å². The van der Waals surface area contributed by atoms with E-state index in [1.807, 2.05) is 0 Å². The predicted octanol–water partition coefficient (Wildman–Crippen LogP) is 1.23. The summed E-state index contributed by atoms with van der Waals surface area (Å²) in [5.41, 5.74) is 0.703. The highest BCUT2D eigenvalue weighted by atomic mass is 16.6. The minimum absolute atomic E-state index is 0.442. The van der Waals surface area contributed by atoms with Crippen LogP contribution in [-0.2, 0) is 9.53 Å². The lowest BCUT2D eigenvalue weighted by atomic mass is 10.1. The molecule has 0 aliphatic carbocycles. The van der Waals surface area contributed by atoms with Crippen molar-refractivity contribution >= 4 is 5.97 Å². The van der Waals surface area contributed by atoms with Crippen LogP contribution in [0.3, 0.4) is 0 Å². The Balaban J connectivity index is 2.31. The second-order valence-corrected chi connectivity index (χ2v) is 3.40. The smallest absolute Gasteiger partial charge is 0.335 e. The Morgan fingerprint density at radius 2 is 2.12 bits per heavy atom. The first-order valence-electron chi connectivity index (χ1n) is 4.78. The molecule has 1 heterocycles. The molecule has 0 saturated carbocycles. The Bertz CT molecular complexity index is 415. The van der Waals surface area contributed by atoms with Gasteiger partial charge in [-0.3, -0.25) is 0 Å². The summed E-state index contributed by atoms with van der Waals surface area (Å²) in [6.45, 7) is 0. The first-order chi connectivity index (χ1) is 7.69. The largest absolute Gasteiger partial charge is 0.493 e. The molecule has 1 aromatic carbocycles. The number of hydrogen-bond acceptors (Lipinski definition) is 4. The van der Waals surface area contributed by atoms with Gasteiger partial charge in [0.05, 0.1) is 14.2 Å². The van der Waals surface area contributed by atoms with Crippen molar-refractivity contribution in [1.82, 2.24) is 0 Å². The molecule has 0 amide bonds. The van der Waals surface area contributed by atoms with Gasteiger partial charge in [0.1, 0.15) is 6.10 Å². The molecule has 5 nitrogen and oxygen atoms in total. The fraction of sp³-hybridized carbons (Fsp3) is 0.364. The van der Waals surface area contributed by atoms with Gasteiger partial charge in [0, 0.05) is 5.56 Å². The molecule has 0 radical (unpaired) electrons. The minimum atomic E-state index is -0.963. The first kappa shape index (κ1) is 10.8. The number of epoxide rings is 1. The summed E-state index contributed by atoms with van der Waals surface area (Å²) >= 11 is 0. The number of carboxylic acids is 1. The molecule has 5 heteroatoms. The zero-order chi connectivity index (χ0) is 11.7. The van der Waals surface area contributed by atoms with E-state index in [0.717, 1.165) is 0 Å². The van der Waals surface area contributed by atoms with E-state index >= 15 is 0 Å². The standard InChI is InChI=1S/C11H12O5/c1-14-7-5-3-4-6(8(7)15-2)9-10(16-9)11(12)13/h3-5,9-10H,1-2H3,(H,12,13)/t9-,10-/m0/s1. The highest BCUT2D eigenvalue weighted by Gasteiger charge is 2.48. The van der Waals surface area contributed by atoms with Crippen LogP contribution in [0.15, 0.2) is 18.2 Å². The second kappa shape index (κ2) is 4.02. The minimum Gasteiger partial charge on any atom is -0.493 e. The average molecular weight is 224 g/mol. The first-order valence-corrected chi connectivity index (χ1v) is 4.78. The van der Waals surface area contributed by atoms with Crippen LogP contribution in [0, 0.1) is 0 Å². The zero-order valence-corrected chi connectivity index (χ0v) is 8.97. The van der Waals surface area contributed by atoms with Gasteiger partial charge in [-0.2, -0.15) is 0 Å². The number of rotatable bonds is 4. The predicted molar refractivity (Wildman–Crippen MR) is 54.8 cm³/mol. The van der Waals surface area contributed by atoms with E-state index in [1.165, 1.54) is 14.2 Å². The molecule has 1 fully saturated rings. The molecule has 2 rings (SSSR count). The number of carbonyl (C=O) groups is 1. The van der Waals surface area contributed by atoms with E-state index in [2.05, 4.69) is 0 Å². The highest BCUT2D eigenvalue weighted by Crippen LogP contribution is 2.46. The summed E-state index contributed by atoms with van der Waals surface area (Å²) in [5, 5.41) is 8.78. The molecule has 1 aliphatic rings. The van der Waals surface area contributed by atoms with Crippen LogP contribution in [0.5, 0.6) is 11.5 Å². The third-order valence-electron chi connectivity index (χ3n) is 2.47. The van der Waals surface area contributed by atoms with Crippen LogP contribution in [0.2, 0.25) is 0 Å². The molecule has 0 aromatic heterocycles. The van der Waals surface area contributed by atoms with Crippen LogP contribution in [0.1, 0.15) is 11.7 Å². The monoisotopic (exact) mass is 224 g/mol. The maximum atomic E-state index is 10.7. The normalized spacial score (nSPS) is 22.6. The van der Waals surface area contributed by atoms with E-state index in [9.17, 15) is 4.79 Å². The maximum Gasteiger partial charge on any atom is 0.335 e. The average Bonchev–Trinajstić information content (AvgIpc) is 3.07. The number of benzene rings is 1. The molecule has 16 heavy (non-hydrogen) atoms. The van der Waals surface area contributed by atoms with Gasteiger partial charge in [-0.15, -0.1) is 0 Å². The van der Waals surface area contributed by atoms with Gasteiger partial charge in [-0.1, -0.05) is 12.1 Å². The van der Waals surface area contributed by atoms with E-state index in [1.54, 1.807) is 18.2 Å². The van der Waals surface area contributed by atoms with E-state index in [-0.39, 0.29) is 0 Å². The van der Waals surface area contributed by atoms with E-state index < -0.39 is 18.2 Å². The lowest BCUT2D eigenvalue weighted by molar-refractivity contribution is -0.138. The molecule has 86 valence electrons. The Labute approximate surface area is 92.5 Å². The second-order valence-electron chi connectivity index (χ2n) is 3.40. The number of ether oxygens (including phenoxy) is 3. The summed E-state index contributed by atoms with van der Waals surface area (Å²) in [6.07, 6.45) is -1.22. The Morgan fingerprint density at radius 1 is 1.38 bits per heavy atom. The van der Waals surface area contributed by atoms with Gasteiger partial charge in [0.15, 0.2) is 17.6 Å². The van der Waals surface area contributed by atoms with Crippen molar-refractivity contribution < 1.29 is 24.1 Å². The summed E-state index contributed by atoms with van der Waals surface area (Å²) in [4.78, 5) is 10.7. The summed E-state index contributed by atoms with van der Waals surface area (Å²) < 4.78 is 15.4. The van der Waals surface area contributed by atoms with Crippen LogP contribution >= 0.6 is 0 Å².